The fraction of sp³-hybridized carbons (Fsp3) is 0.625. The Balaban J connectivity index is 2.57. The molecule has 0 radical (unpaired) electrons. The van der Waals surface area contributed by atoms with Crippen LogP contribution >= 0.6 is 0 Å². The molecule has 1 fully saturated rings. The minimum Gasteiger partial charge on any atom is -0.304 e. The maximum atomic E-state index is 7.44. The number of hydrogen-bond acceptors (Lipinski definition) is 2. The van der Waals surface area contributed by atoms with Gasteiger partial charge in [0.15, 0.2) is 0 Å². The highest BCUT2D eigenvalue weighted by molar-refractivity contribution is 6.01. The van der Waals surface area contributed by atoms with Gasteiger partial charge < -0.3 is 5.41 Å². The third-order valence-corrected chi connectivity index (χ3v) is 1.91. The van der Waals surface area contributed by atoms with Crippen molar-refractivity contribution in [1.82, 2.24) is 4.90 Å². The first kappa shape index (κ1) is 7.48. The second-order valence-corrected chi connectivity index (χ2v) is 3.08. The van der Waals surface area contributed by atoms with Crippen molar-refractivity contribution in [2.24, 2.45) is 0 Å². The lowest BCUT2D eigenvalue weighted by Crippen LogP contribution is -2.28. The summed E-state index contributed by atoms with van der Waals surface area (Å²) in [5.74, 6) is 0. The number of likely N-dealkylation sites (tertiary alicyclic amines) is 1. The van der Waals surface area contributed by atoms with Crippen LogP contribution in [0.1, 0.15) is 13.8 Å². The van der Waals surface area contributed by atoms with Crippen molar-refractivity contribution >= 4 is 5.71 Å². The predicted octanol–water partition coefficient (Wildman–Crippen LogP) is 1.29. The lowest BCUT2D eigenvalue weighted by Gasteiger charge is -2.17. The minimum absolute atomic E-state index is 0.541. The maximum Gasteiger partial charge on any atom is 0.0493 e. The van der Waals surface area contributed by atoms with Crippen LogP contribution < -0.4 is 0 Å². The van der Waals surface area contributed by atoms with Gasteiger partial charge in [0, 0.05) is 24.8 Å². The molecule has 2 heteroatoms. The quantitative estimate of drug-likeness (QED) is 0.580. The van der Waals surface area contributed by atoms with E-state index in [4.69, 9.17) is 5.41 Å². The molecule has 1 N–H and O–H groups in total. The normalized spacial score (nSPS) is 21.1. The fourth-order valence-corrected chi connectivity index (χ4v) is 1.08. The van der Waals surface area contributed by atoms with E-state index in [9.17, 15) is 0 Å². The summed E-state index contributed by atoms with van der Waals surface area (Å²) in [5.41, 5.74) is 1.68. The van der Waals surface area contributed by atoms with Gasteiger partial charge in [0.1, 0.15) is 0 Å². The van der Waals surface area contributed by atoms with Gasteiger partial charge in [-0.05, 0) is 19.4 Å². The molecule has 0 aliphatic carbocycles. The van der Waals surface area contributed by atoms with Gasteiger partial charge >= 0.3 is 0 Å². The van der Waals surface area contributed by atoms with Gasteiger partial charge in [0.05, 0.1) is 0 Å². The zero-order valence-electron chi connectivity index (χ0n) is 6.65. The van der Waals surface area contributed by atoms with Gasteiger partial charge in [-0.15, -0.1) is 0 Å². The van der Waals surface area contributed by atoms with E-state index in [1.165, 1.54) is 0 Å². The van der Waals surface area contributed by atoms with Crippen LogP contribution in [0, 0.1) is 5.41 Å². The van der Waals surface area contributed by atoms with Gasteiger partial charge in [-0.25, -0.2) is 0 Å². The van der Waals surface area contributed by atoms with Crippen LogP contribution in [0.25, 0.3) is 0 Å². The van der Waals surface area contributed by atoms with E-state index >= 15 is 0 Å². The monoisotopic (exact) mass is 138 g/mol. The molecule has 1 saturated heterocycles. The molecule has 0 bridgehead atoms. The van der Waals surface area contributed by atoms with Crippen molar-refractivity contribution in [3.63, 3.8) is 0 Å². The Labute approximate surface area is 62.0 Å². The molecule has 1 aliphatic heterocycles. The van der Waals surface area contributed by atoms with Gasteiger partial charge in [0.25, 0.3) is 0 Å². The van der Waals surface area contributed by atoms with E-state index < -0.39 is 0 Å². The average Bonchev–Trinajstić information content (AvgIpc) is 2.13. The van der Waals surface area contributed by atoms with E-state index in [0.29, 0.717) is 11.8 Å². The summed E-state index contributed by atoms with van der Waals surface area (Å²) in [7, 11) is 0. The zero-order chi connectivity index (χ0) is 7.72. The second-order valence-electron chi connectivity index (χ2n) is 3.08. The molecule has 0 aromatic rings. The third kappa shape index (κ3) is 1.27. The molecule has 0 aromatic carbocycles. The van der Waals surface area contributed by atoms with E-state index in [0.717, 1.165) is 18.7 Å². The van der Waals surface area contributed by atoms with Crippen LogP contribution in [-0.2, 0) is 0 Å². The first-order chi connectivity index (χ1) is 4.61. The Morgan fingerprint density at radius 2 is 2.10 bits per heavy atom. The molecule has 0 unspecified atom stereocenters. The molecule has 56 valence electrons. The first-order valence-electron chi connectivity index (χ1n) is 3.61. The molecule has 0 amide bonds. The van der Waals surface area contributed by atoms with Crippen LogP contribution in [0.15, 0.2) is 12.2 Å². The van der Waals surface area contributed by atoms with Gasteiger partial charge in [-0.2, -0.15) is 0 Å². The first-order valence-corrected chi connectivity index (χ1v) is 3.61. The smallest absolute Gasteiger partial charge is 0.0493 e. The Morgan fingerprint density at radius 1 is 1.50 bits per heavy atom. The summed E-state index contributed by atoms with van der Waals surface area (Å²) in [5, 5.41) is 7.44. The molecule has 1 heterocycles. The van der Waals surface area contributed by atoms with Crippen molar-refractivity contribution < 1.29 is 0 Å². The van der Waals surface area contributed by atoms with Crippen LogP contribution in [0.4, 0.5) is 0 Å². The highest BCUT2D eigenvalue weighted by atomic mass is 15.2. The van der Waals surface area contributed by atoms with Crippen molar-refractivity contribution in [2.45, 2.75) is 19.9 Å². The molecule has 0 saturated carbocycles. The summed E-state index contributed by atoms with van der Waals surface area (Å²) in [6.07, 6.45) is 0. The predicted molar refractivity (Wildman–Crippen MR) is 43.6 cm³/mol. The molecular weight excluding hydrogens is 124 g/mol. The minimum atomic E-state index is 0.541. The Bertz CT molecular complexity index is 154. The maximum absolute atomic E-state index is 7.44. The molecule has 10 heavy (non-hydrogen) atoms. The van der Waals surface area contributed by atoms with Crippen molar-refractivity contribution in [3.05, 3.63) is 12.2 Å². The summed E-state index contributed by atoms with van der Waals surface area (Å²) in [6, 6.07) is 0.541. The van der Waals surface area contributed by atoms with Crippen LogP contribution in [0.5, 0.6) is 0 Å². The summed E-state index contributed by atoms with van der Waals surface area (Å²) >= 11 is 0. The second kappa shape index (κ2) is 2.54. The van der Waals surface area contributed by atoms with Crippen LogP contribution in [-0.4, -0.2) is 29.7 Å². The van der Waals surface area contributed by atoms with E-state index in [1.807, 2.05) is 0 Å². The van der Waals surface area contributed by atoms with Crippen molar-refractivity contribution in [1.29, 1.82) is 5.41 Å². The van der Waals surface area contributed by atoms with Crippen LogP contribution in [0.3, 0.4) is 0 Å². The molecule has 1 aliphatic rings. The Kier molecular flexibility index (Phi) is 1.90. The number of nitrogens with zero attached hydrogens (tertiary/aromatic N) is 1. The lowest BCUT2D eigenvalue weighted by atomic mass is 10.2. The largest absolute Gasteiger partial charge is 0.304 e. The standard InChI is InChI=1S/C8H14N2/c1-6(2)10-4-7(3)8(9)5-10/h6,9H,3-5H2,1-2H3. The van der Waals surface area contributed by atoms with Crippen molar-refractivity contribution in [3.8, 4) is 0 Å². The Morgan fingerprint density at radius 3 is 2.30 bits per heavy atom. The highest BCUT2D eigenvalue weighted by Gasteiger charge is 2.21. The average molecular weight is 138 g/mol. The van der Waals surface area contributed by atoms with E-state index in [2.05, 4.69) is 25.3 Å². The summed E-state index contributed by atoms with van der Waals surface area (Å²) < 4.78 is 0. The third-order valence-electron chi connectivity index (χ3n) is 1.91. The Hall–Kier alpha value is -0.630. The van der Waals surface area contributed by atoms with Gasteiger partial charge in [0.2, 0.25) is 0 Å². The summed E-state index contributed by atoms with van der Waals surface area (Å²) in [6.45, 7) is 9.76. The molecule has 0 spiro atoms. The SMILES string of the molecule is C=C1CN(C(C)C)CC1=N. The highest BCUT2D eigenvalue weighted by Crippen LogP contribution is 2.12. The molecule has 0 aromatic heterocycles. The zero-order valence-corrected chi connectivity index (χ0v) is 6.65. The number of nitrogens with one attached hydrogen (secondary N) is 1. The topological polar surface area (TPSA) is 27.1 Å². The van der Waals surface area contributed by atoms with E-state index in [-0.39, 0.29) is 0 Å². The lowest BCUT2D eigenvalue weighted by molar-refractivity contribution is 0.294. The molecular formula is C8H14N2. The van der Waals surface area contributed by atoms with Gasteiger partial charge in [-0.1, -0.05) is 6.58 Å². The van der Waals surface area contributed by atoms with Gasteiger partial charge in [-0.3, -0.25) is 4.90 Å². The number of rotatable bonds is 1. The van der Waals surface area contributed by atoms with E-state index in [1.54, 1.807) is 0 Å². The molecule has 0 atom stereocenters. The molecule has 1 rings (SSSR count). The number of hydrogen-bond donors (Lipinski definition) is 1. The van der Waals surface area contributed by atoms with Crippen LogP contribution in [0.2, 0.25) is 0 Å². The fourth-order valence-electron chi connectivity index (χ4n) is 1.08. The summed E-state index contributed by atoms with van der Waals surface area (Å²) in [4.78, 5) is 2.24. The molecule has 2 nitrogen and oxygen atoms in total. The van der Waals surface area contributed by atoms with Crippen molar-refractivity contribution in [2.75, 3.05) is 13.1 Å².